The number of carbonyl (C=O) groups excluding carboxylic acids is 3. The lowest BCUT2D eigenvalue weighted by molar-refractivity contribution is -0.133. The van der Waals surface area contributed by atoms with E-state index in [1.54, 1.807) is 0 Å². The van der Waals surface area contributed by atoms with Gasteiger partial charge in [0.25, 0.3) is 0 Å². The van der Waals surface area contributed by atoms with E-state index >= 15 is 0 Å². The number of anilines is 1. The number of hydrogen-bond acceptors (Lipinski definition) is 4. The predicted molar refractivity (Wildman–Crippen MR) is 126 cm³/mol. The summed E-state index contributed by atoms with van der Waals surface area (Å²) < 4.78 is 0. The minimum atomic E-state index is -0.501. The third kappa shape index (κ3) is 7.33. The van der Waals surface area contributed by atoms with E-state index in [4.69, 9.17) is 0 Å². The zero-order chi connectivity index (χ0) is 22.9. The highest BCUT2D eigenvalue weighted by Gasteiger charge is 2.30. The normalized spacial score (nSPS) is 19.3. The van der Waals surface area contributed by atoms with Crippen molar-refractivity contribution in [3.63, 3.8) is 0 Å². The van der Waals surface area contributed by atoms with Gasteiger partial charge in [-0.1, -0.05) is 51.3 Å². The van der Waals surface area contributed by atoms with Crippen molar-refractivity contribution in [3.8, 4) is 0 Å². The maximum atomic E-state index is 12.9. The van der Waals surface area contributed by atoms with E-state index in [2.05, 4.69) is 20.9 Å². The van der Waals surface area contributed by atoms with Crippen molar-refractivity contribution >= 4 is 23.4 Å². The van der Waals surface area contributed by atoms with Crippen LogP contribution in [-0.4, -0.2) is 54.3 Å². The second-order valence-corrected chi connectivity index (χ2v) is 9.54. The molecule has 1 heterocycles. The van der Waals surface area contributed by atoms with Crippen LogP contribution < -0.4 is 16.0 Å². The minimum absolute atomic E-state index is 0.0241. The molecule has 2 aliphatic rings. The van der Waals surface area contributed by atoms with Gasteiger partial charge in [0.05, 0.1) is 6.54 Å². The second-order valence-electron chi connectivity index (χ2n) is 9.54. The van der Waals surface area contributed by atoms with Gasteiger partial charge >= 0.3 is 0 Å². The molecule has 1 unspecified atom stereocenters. The molecule has 1 atom stereocenters. The first-order valence-electron chi connectivity index (χ1n) is 12.1. The van der Waals surface area contributed by atoms with Gasteiger partial charge in [-0.15, -0.1) is 0 Å². The average Bonchev–Trinajstić information content (AvgIpc) is 2.79. The molecule has 0 radical (unpaired) electrons. The van der Waals surface area contributed by atoms with E-state index in [-0.39, 0.29) is 35.6 Å². The molecule has 0 spiro atoms. The van der Waals surface area contributed by atoms with Crippen molar-refractivity contribution in [2.45, 2.75) is 70.9 Å². The highest BCUT2D eigenvalue weighted by atomic mass is 16.2. The second kappa shape index (κ2) is 12.0. The maximum Gasteiger partial charge on any atom is 0.243 e. The molecule has 32 heavy (non-hydrogen) atoms. The number of nitrogens with zero attached hydrogens (tertiary/aromatic N) is 1. The molecule has 0 bridgehead atoms. The van der Waals surface area contributed by atoms with Crippen molar-refractivity contribution in [3.05, 3.63) is 30.3 Å². The third-order valence-electron chi connectivity index (χ3n) is 6.58. The summed E-state index contributed by atoms with van der Waals surface area (Å²) in [6.45, 7) is 5.81. The highest BCUT2D eigenvalue weighted by molar-refractivity contribution is 5.92. The number of likely N-dealkylation sites (tertiary alicyclic amines) is 1. The molecule has 1 aromatic carbocycles. The maximum absolute atomic E-state index is 12.9. The van der Waals surface area contributed by atoms with Crippen LogP contribution in [-0.2, 0) is 14.4 Å². The van der Waals surface area contributed by atoms with Crippen LogP contribution in [0.1, 0.15) is 58.8 Å². The SMILES string of the molecule is CC(C)C(NC(=O)C1CCCCC1)C(=O)NC1CCN(CC(=O)Nc2ccccc2)CC1. The summed E-state index contributed by atoms with van der Waals surface area (Å²) in [5.74, 6) is -0.0152. The lowest BCUT2D eigenvalue weighted by Gasteiger charge is -2.33. The monoisotopic (exact) mass is 442 g/mol. The summed E-state index contributed by atoms with van der Waals surface area (Å²) >= 11 is 0. The van der Waals surface area contributed by atoms with E-state index in [0.717, 1.165) is 57.3 Å². The molecule has 7 heteroatoms. The Kier molecular flexibility index (Phi) is 9.09. The molecular formula is C25H38N4O3. The Hall–Kier alpha value is -2.41. The Balaban J connectivity index is 1.41. The summed E-state index contributed by atoms with van der Waals surface area (Å²) in [5.41, 5.74) is 0.801. The summed E-state index contributed by atoms with van der Waals surface area (Å²) in [6, 6.07) is 9.02. The summed E-state index contributed by atoms with van der Waals surface area (Å²) in [5, 5.41) is 9.08. The van der Waals surface area contributed by atoms with Crippen LogP contribution in [0.4, 0.5) is 5.69 Å². The van der Waals surface area contributed by atoms with E-state index in [0.29, 0.717) is 6.54 Å². The molecule has 0 aromatic heterocycles. The topological polar surface area (TPSA) is 90.5 Å². The van der Waals surface area contributed by atoms with Crippen LogP contribution in [0.15, 0.2) is 30.3 Å². The first-order valence-corrected chi connectivity index (χ1v) is 12.1. The molecule has 7 nitrogen and oxygen atoms in total. The van der Waals surface area contributed by atoms with Crippen LogP contribution in [0, 0.1) is 11.8 Å². The first kappa shape index (κ1) is 24.2. The predicted octanol–water partition coefficient (Wildman–Crippen LogP) is 2.93. The highest BCUT2D eigenvalue weighted by Crippen LogP contribution is 2.24. The van der Waals surface area contributed by atoms with Gasteiger partial charge in [0.15, 0.2) is 0 Å². The lowest BCUT2D eigenvalue weighted by Crippen LogP contribution is -2.55. The molecule has 1 aromatic rings. The Morgan fingerprint density at radius 3 is 2.25 bits per heavy atom. The van der Waals surface area contributed by atoms with Crippen molar-refractivity contribution in [2.75, 3.05) is 25.0 Å². The molecular weight excluding hydrogens is 404 g/mol. The number of amides is 3. The van der Waals surface area contributed by atoms with E-state index in [9.17, 15) is 14.4 Å². The van der Waals surface area contributed by atoms with E-state index in [1.165, 1.54) is 6.42 Å². The zero-order valence-electron chi connectivity index (χ0n) is 19.4. The lowest BCUT2D eigenvalue weighted by atomic mass is 9.88. The van der Waals surface area contributed by atoms with Gasteiger partial charge in [0.2, 0.25) is 17.7 Å². The number of para-hydroxylation sites is 1. The minimum Gasteiger partial charge on any atom is -0.351 e. The van der Waals surface area contributed by atoms with Crippen LogP contribution in [0.5, 0.6) is 0 Å². The van der Waals surface area contributed by atoms with E-state index in [1.807, 2.05) is 44.2 Å². The molecule has 3 amide bonds. The van der Waals surface area contributed by atoms with Gasteiger partial charge in [-0.25, -0.2) is 0 Å². The number of hydrogen-bond donors (Lipinski definition) is 3. The fourth-order valence-electron chi connectivity index (χ4n) is 4.62. The fourth-order valence-corrected chi connectivity index (χ4v) is 4.62. The van der Waals surface area contributed by atoms with Crippen molar-refractivity contribution in [1.82, 2.24) is 15.5 Å². The molecule has 1 aliphatic heterocycles. The van der Waals surface area contributed by atoms with Gasteiger partial charge in [-0.05, 0) is 43.7 Å². The summed E-state index contributed by atoms with van der Waals surface area (Å²) in [7, 11) is 0. The molecule has 2 fully saturated rings. The van der Waals surface area contributed by atoms with E-state index < -0.39 is 6.04 Å². The van der Waals surface area contributed by atoms with Gasteiger partial charge in [-0.3, -0.25) is 19.3 Å². The molecule has 1 saturated carbocycles. The fraction of sp³-hybridized carbons (Fsp3) is 0.640. The number of carbonyl (C=O) groups is 3. The van der Waals surface area contributed by atoms with Gasteiger partial charge in [-0.2, -0.15) is 0 Å². The Bertz CT molecular complexity index is 754. The Morgan fingerprint density at radius 2 is 1.62 bits per heavy atom. The standard InChI is InChI=1S/C25H38N4O3/c1-18(2)23(28-24(31)19-9-5-3-6-10-19)25(32)27-21-13-15-29(16-14-21)17-22(30)26-20-11-7-4-8-12-20/h4,7-8,11-12,18-19,21,23H,3,5-6,9-10,13-17H2,1-2H3,(H,26,30)(H,27,32)(H,28,31). The van der Waals surface area contributed by atoms with Crippen LogP contribution in [0.2, 0.25) is 0 Å². The molecule has 3 rings (SSSR count). The Labute approximate surface area is 191 Å². The van der Waals surface area contributed by atoms with Crippen molar-refractivity contribution in [1.29, 1.82) is 0 Å². The first-order chi connectivity index (χ1) is 15.4. The number of nitrogens with one attached hydrogen (secondary N) is 3. The quantitative estimate of drug-likeness (QED) is 0.577. The number of benzene rings is 1. The van der Waals surface area contributed by atoms with Crippen molar-refractivity contribution < 1.29 is 14.4 Å². The molecule has 176 valence electrons. The van der Waals surface area contributed by atoms with Crippen LogP contribution >= 0.6 is 0 Å². The zero-order valence-corrected chi connectivity index (χ0v) is 19.4. The molecule has 1 aliphatic carbocycles. The number of piperidine rings is 1. The van der Waals surface area contributed by atoms with Crippen LogP contribution in [0.25, 0.3) is 0 Å². The summed E-state index contributed by atoms with van der Waals surface area (Å²) in [6.07, 6.45) is 6.84. The number of rotatable bonds is 8. The van der Waals surface area contributed by atoms with Gasteiger partial charge < -0.3 is 16.0 Å². The van der Waals surface area contributed by atoms with Crippen LogP contribution in [0.3, 0.4) is 0 Å². The Morgan fingerprint density at radius 1 is 0.969 bits per heavy atom. The largest absolute Gasteiger partial charge is 0.351 e. The summed E-state index contributed by atoms with van der Waals surface area (Å²) in [4.78, 5) is 40.0. The molecule has 3 N–H and O–H groups in total. The van der Waals surface area contributed by atoms with Crippen molar-refractivity contribution in [2.24, 2.45) is 11.8 Å². The van der Waals surface area contributed by atoms with Gasteiger partial charge in [0.1, 0.15) is 6.04 Å². The van der Waals surface area contributed by atoms with Gasteiger partial charge in [0, 0.05) is 30.7 Å². The third-order valence-corrected chi connectivity index (χ3v) is 6.58. The average molecular weight is 443 g/mol. The smallest absolute Gasteiger partial charge is 0.243 e. The molecule has 1 saturated heterocycles.